The molecule has 1 unspecified atom stereocenters. The number of ether oxygens (including phenoxy) is 2. The summed E-state index contributed by atoms with van der Waals surface area (Å²) in [5.41, 5.74) is 5.27. The molecule has 2 atom stereocenters. The summed E-state index contributed by atoms with van der Waals surface area (Å²) in [7, 11) is -4.10. The SMILES string of the molecule is C=CCCCCO[C@H](COCCCCCCCC)COP(=O)(O)OCCN. The van der Waals surface area contributed by atoms with Crippen LogP contribution in [0.5, 0.6) is 0 Å². The maximum absolute atomic E-state index is 11.7. The molecule has 7 nitrogen and oxygen atoms in total. The first-order valence-corrected chi connectivity index (χ1v) is 11.7. The molecule has 27 heavy (non-hydrogen) atoms. The second-order valence-electron chi connectivity index (χ2n) is 6.51. The van der Waals surface area contributed by atoms with Crippen LogP contribution in [0.1, 0.15) is 64.7 Å². The molecule has 0 aliphatic carbocycles. The van der Waals surface area contributed by atoms with Crippen molar-refractivity contribution in [3.8, 4) is 0 Å². The summed E-state index contributed by atoms with van der Waals surface area (Å²) in [6.45, 7) is 7.48. The Bertz CT molecular complexity index is 383. The van der Waals surface area contributed by atoms with E-state index in [1.165, 1.54) is 25.7 Å². The van der Waals surface area contributed by atoms with Gasteiger partial charge in [0.15, 0.2) is 0 Å². The van der Waals surface area contributed by atoms with Crippen LogP contribution in [-0.4, -0.2) is 50.6 Å². The van der Waals surface area contributed by atoms with Crippen molar-refractivity contribution in [3.63, 3.8) is 0 Å². The third kappa shape index (κ3) is 18.8. The third-order valence-electron chi connectivity index (χ3n) is 3.90. The Labute approximate surface area is 165 Å². The number of allylic oxidation sites excluding steroid dienone is 1. The van der Waals surface area contributed by atoms with Gasteiger partial charge in [-0.3, -0.25) is 9.05 Å². The zero-order valence-electron chi connectivity index (χ0n) is 17.0. The molecule has 0 amide bonds. The smallest absolute Gasteiger partial charge is 0.379 e. The van der Waals surface area contributed by atoms with Gasteiger partial charge >= 0.3 is 7.82 Å². The van der Waals surface area contributed by atoms with Crippen molar-refractivity contribution >= 4 is 7.82 Å². The van der Waals surface area contributed by atoms with Crippen molar-refractivity contribution in [3.05, 3.63) is 12.7 Å². The van der Waals surface area contributed by atoms with Crippen LogP contribution < -0.4 is 5.73 Å². The van der Waals surface area contributed by atoms with Gasteiger partial charge in [-0.1, -0.05) is 45.1 Å². The summed E-state index contributed by atoms with van der Waals surface area (Å²) >= 11 is 0. The Balaban J connectivity index is 4.08. The van der Waals surface area contributed by atoms with Crippen LogP contribution in [0.3, 0.4) is 0 Å². The van der Waals surface area contributed by atoms with Gasteiger partial charge in [-0.25, -0.2) is 4.57 Å². The minimum Gasteiger partial charge on any atom is -0.379 e. The van der Waals surface area contributed by atoms with E-state index in [1.807, 2.05) is 6.08 Å². The zero-order chi connectivity index (χ0) is 20.2. The van der Waals surface area contributed by atoms with E-state index in [1.54, 1.807) is 0 Å². The van der Waals surface area contributed by atoms with E-state index < -0.39 is 13.9 Å². The first-order chi connectivity index (χ1) is 13.1. The summed E-state index contributed by atoms with van der Waals surface area (Å²) in [6, 6.07) is 0. The van der Waals surface area contributed by atoms with Crippen molar-refractivity contribution < 1.29 is 28.0 Å². The van der Waals surface area contributed by atoms with Gasteiger partial charge in [-0.2, -0.15) is 0 Å². The molecule has 0 aliphatic rings. The molecule has 0 rings (SSSR count). The summed E-state index contributed by atoms with van der Waals surface area (Å²) in [4.78, 5) is 9.60. The predicted molar refractivity (Wildman–Crippen MR) is 109 cm³/mol. The largest absolute Gasteiger partial charge is 0.472 e. The highest BCUT2D eigenvalue weighted by Crippen LogP contribution is 2.43. The number of rotatable bonds is 21. The Kier molecular flexibility index (Phi) is 18.9. The Morgan fingerprint density at radius 1 is 1.00 bits per heavy atom. The standard InChI is InChI=1S/C19H40NO6P/c1-3-5-7-9-10-11-14-23-17-19(24-15-12-8-6-4-2)18-26-27(21,22)25-16-13-20/h4,19H,2-3,5-18,20H2,1H3,(H,21,22)/t19-/m1/s1. The molecule has 3 N–H and O–H groups in total. The van der Waals surface area contributed by atoms with E-state index in [0.717, 1.165) is 32.1 Å². The van der Waals surface area contributed by atoms with Crippen molar-refractivity contribution in [1.29, 1.82) is 0 Å². The van der Waals surface area contributed by atoms with E-state index in [2.05, 4.69) is 13.5 Å². The highest BCUT2D eigenvalue weighted by atomic mass is 31.2. The summed E-state index contributed by atoms with van der Waals surface area (Å²) in [5.74, 6) is 0. The molecule has 0 aliphatic heterocycles. The van der Waals surface area contributed by atoms with Crippen LogP contribution >= 0.6 is 7.82 Å². The lowest BCUT2D eigenvalue weighted by Crippen LogP contribution is -2.26. The highest BCUT2D eigenvalue weighted by molar-refractivity contribution is 7.47. The Morgan fingerprint density at radius 2 is 1.70 bits per heavy atom. The average molecular weight is 410 g/mol. The van der Waals surface area contributed by atoms with E-state index in [-0.39, 0.29) is 19.8 Å². The molecule has 0 saturated carbocycles. The molecule has 0 bridgehead atoms. The molecular weight excluding hydrogens is 369 g/mol. The van der Waals surface area contributed by atoms with E-state index >= 15 is 0 Å². The first kappa shape index (κ1) is 26.7. The van der Waals surface area contributed by atoms with Gasteiger partial charge in [-0.15, -0.1) is 6.58 Å². The quantitative estimate of drug-likeness (QED) is 0.166. The molecular formula is C19H40NO6P. The molecule has 0 aromatic rings. The number of phosphoric ester groups is 1. The van der Waals surface area contributed by atoms with Gasteiger partial charge in [0.05, 0.1) is 19.8 Å². The van der Waals surface area contributed by atoms with E-state index in [9.17, 15) is 9.46 Å². The van der Waals surface area contributed by atoms with Gasteiger partial charge in [0, 0.05) is 19.8 Å². The lowest BCUT2D eigenvalue weighted by molar-refractivity contribution is -0.0441. The number of unbranched alkanes of at least 4 members (excludes halogenated alkanes) is 7. The van der Waals surface area contributed by atoms with Crippen LogP contribution in [0.15, 0.2) is 12.7 Å². The summed E-state index contributed by atoms with van der Waals surface area (Å²) in [5, 5.41) is 0. The van der Waals surface area contributed by atoms with Crippen LogP contribution in [0.2, 0.25) is 0 Å². The zero-order valence-corrected chi connectivity index (χ0v) is 17.9. The maximum Gasteiger partial charge on any atom is 0.472 e. The van der Waals surface area contributed by atoms with Gasteiger partial charge in [0.2, 0.25) is 0 Å². The lowest BCUT2D eigenvalue weighted by Gasteiger charge is -2.20. The van der Waals surface area contributed by atoms with Crippen molar-refractivity contribution in [2.24, 2.45) is 5.73 Å². The normalized spacial score (nSPS) is 14.8. The number of hydrogen-bond acceptors (Lipinski definition) is 6. The highest BCUT2D eigenvalue weighted by Gasteiger charge is 2.23. The molecule has 0 spiro atoms. The molecule has 0 radical (unpaired) electrons. The summed E-state index contributed by atoms with van der Waals surface area (Å²) < 4.78 is 32.9. The molecule has 0 aromatic carbocycles. The van der Waals surface area contributed by atoms with Crippen molar-refractivity contribution in [1.82, 2.24) is 0 Å². The van der Waals surface area contributed by atoms with E-state index in [4.69, 9.17) is 24.3 Å². The minimum atomic E-state index is -4.10. The van der Waals surface area contributed by atoms with Crippen LogP contribution in [-0.2, 0) is 23.1 Å². The second kappa shape index (κ2) is 19.1. The lowest BCUT2D eigenvalue weighted by atomic mass is 10.1. The molecule has 0 saturated heterocycles. The fourth-order valence-corrected chi connectivity index (χ4v) is 3.13. The maximum atomic E-state index is 11.7. The number of phosphoric acid groups is 1. The van der Waals surface area contributed by atoms with Gasteiger partial charge < -0.3 is 20.1 Å². The second-order valence-corrected chi connectivity index (χ2v) is 7.96. The van der Waals surface area contributed by atoms with E-state index in [0.29, 0.717) is 19.8 Å². The van der Waals surface area contributed by atoms with Gasteiger partial charge in [-0.05, 0) is 25.7 Å². The fourth-order valence-electron chi connectivity index (χ4n) is 2.37. The summed E-state index contributed by atoms with van der Waals surface area (Å²) in [6.07, 6.45) is 11.5. The third-order valence-corrected chi connectivity index (χ3v) is 4.88. The van der Waals surface area contributed by atoms with Crippen LogP contribution in [0.25, 0.3) is 0 Å². The Morgan fingerprint density at radius 3 is 2.41 bits per heavy atom. The molecule has 8 heteroatoms. The van der Waals surface area contributed by atoms with Gasteiger partial charge in [0.1, 0.15) is 6.10 Å². The molecule has 162 valence electrons. The van der Waals surface area contributed by atoms with Crippen LogP contribution in [0, 0.1) is 0 Å². The van der Waals surface area contributed by atoms with Gasteiger partial charge in [0.25, 0.3) is 0 Å². The molecule has 0 aromatic heterocycles. The number of nitrogens with two attached hydrogens (primary N) is 1. The monoisotopic (exact) mass is 409 g/mol. The molecule has 0 fully saturated rings. The van der Waals surface area contributed by atoms with Crippen molar-refractivity contribution in [2.75, 3.05) is 39.6 Å². The van der Waals surface area contributed by atoms with Crippen molar-refractivity contribution in [2.45, 2.75) is 70.8 Å². The fraction of sp³-hybridized carbons (Fsp3) is 0.895. The Hall–Kier alpha value is -0.270. The topological polar surface area (TPSA) is 100 Å². The number of hydrogen-bond donors (Lipinski definition) is 2. The minimum absolute atomic E-state index is 0.0324. The molecule has 0 heterocycles. The van der Waals surface area contributed by atoms with Crippen LogP contribution in [0.4, 0.5) is 0 Å². The first-order valence-electron chi connectivity index (χ1n) is 10.2. The average Bonchev–Trinajstić information content (AvgIpc) is 2.65. The predicted octanol–water partition coefficient (Wildman–Crippen LogP) is 4.20.